The number of benzene rings is 1. The number of hydrogen-bond donors (Lipinski definition) is 2. The third-order valence-electron chi connectivity index (χ3n) is 3.93. The van der Waals surface area contributed by atoms with E-state index in [4.69, 9.17) is 5.11 Å². The molecule has 1 aromatic carbocycles. The second kappa shape index (κ2) is 7.75. The number of carbonyl (C=O) groups excluding carboxylic acids is 2. The first kappa shape index (κ1) is 16.2. The van der Waals surface area contributed by atoms with Crippen LogP contribution in [0.4, 0.5) is 5.69 Å². The van der Waals surface area contributed by atoms with Crippen LogP contribution in [0.15, 0.2) is 36.9 Å². The molecule has 1 aliphatic heterocycles. The van der Waals surface area contributed by atoms with Crippen molar-refractivity contribution in [2.75, 3.05) is 25.0 Å². The highest BCUT2D eigenvalue weighted by atomic mass is 16.3. The van der Waals surface area contributed by atoms with Crippen molar-refractivity contribution < 1.29 is 14.7 Å². The first-order valence-electron chi connectivity index (χ1n) is 7.57. The Morgan fingerprint density at radius 3 is 2.73 bits per heavy atom. The summed E-state index contributed by atoms with van der Waals surface area (Å²) in [7, 11) is 0. The van der Waals surface area contributed by atoms with Gasteiger partial charge in [0.25, 0.3) is 5.91 Å². The number of anilines is 1. The van der Waals surface area contributed by atoms with Gasteiger partial charge in [0, 0.05) is 30.9 Å². The van der Waals surface area contributed by atoms with Gasteiger partial charge in [0.1, 0.15) is 0 Å². The standard InChI is InChI=1S/C17H22N2O3/c1-2-16(21)18-15-7-5-14(6-8-15)17(22)19-10-9-13(12-19)4-3-11-20/h2,5-8,13,20H,1,3-4,9-12H2,(H,18,21). The lowest BCUT2D eigenvalue weighted by molar-refractivity contribution is -0.111. The molecule has 1 atom stereocenters. The van der Waals surface area contributed by atoms with Crippen molar-refractivity contribution in [2.45, 2.75) is 19.3 Å². The van der Waals surface area contributed by atoms with E-state index in [0.29, 0.717) is 17.2 Å². The minimum atomic E-state index is -0.273. The van der Waals surface area contributed by atoms with Gasteiger partial charge in [-0.15, -0.1) is 0 Å². The van der Waals surface area contributed by atoms with Gasteiger partial charge in [-0.25, -0.2) is 0 Å². The highest BCUT2D eigenvalue weighted by molar-refractivity contribution is 5.99. The van der Waals surface area contributed by atoms with E-state index in [1.165, 1.54) is 6.08 Å². The molecule has 2 rings (SSSR count). The molecule has 2 N–H and O–H groups in total. The minimum absolute atomic E-state index is 0.0214. The van der Waals surface area contributed by atoms with Gasteiger partial charge in [-0.05, 0) is 55.5 Å². The lowest BCUT2D eigenvalue weighted by Gasteiger charge is -2.17. The summed E-state index contributed by atoms with van der Waals surface area (Å²) in [5.74, 6) is 0.237. The van der Waals surface area contributed by atoms with Gasteiger partial charge < -0.3 is 15.3 Å². The zero-order chi connectivity index (χ0) is 15.9. The van der Waals surface area contributed by atoms with Gasteiger partial charge in [-0.3, -0.25) is 9.59 Å². The van der Waals surface area contributed by atoms with Gasteiger partial charge in [0.15, 0.2) is 0 Å². The molecule has 118 valence electrons. The molecule has 1 fully saturated rings. The number of aliphatic hydroxyl groups excluding tert-OH is 1. The van der Waals surface area contributed by atoms with E-state index in [1.807, 2.05) is 4.90 Å². The molecule has 22 heavy (non-hydrogen) atoms. The van der Waals surface area contributed by atoms with Gasteiger partial charge in [0.05, 0.1) is 0 Å². The Kier molecular flexibility index (Phi) is 5.72. The first-order valence-corrected chi connectivity index (χ1v) is 7.57. The molecule has 1 aromatic rings. The molecule has 0 aromatic heterocycles. The quantitative estimate of drug-likeness (QED) is 0.790. The Hall–Kier alpha value is -2.14. The van der Waals surface area contributed by atoms with Crippen molar-refractivity contribution in [1.82, 2.24) is 4.90 Å². The summed E-state index contributed by atoms with van der Waals surface area (Å²) >= 11 is 0. The second-order valence-corrected chi connectivity index (χ2v) is 5.54. The molecule has 1 unspecified atom stereocenters. The Balaban J connectivity index is 1.93. The molecule has 2 amide bonds. The van der Waals surface area contributed by atoms with E-state index >= 15 is 0 Å². The molecule has 0 aliphatic carbocycles. The van der Waals surface area contributed by atoms with E-state index in [2.05, 4.69) is 11.9 Å². The van der Waals surface area contributed by atoms with Crippen molar-refractivity contribution in [1.29, 1.82) is 0 Å². The molecule has 1 saturated heterocycles. The van der Waals surface area contributed by atoms with Crippen molar-refractivity contribution >= 4 is 17.5 Å². The Morgan fingerprint density at radius 1 is 1.36 bits per heavy atom. The average Bonchev–Trinajstić information content (AvgIpc) is 3.01. The summed E-state index contributed by atoms with van der Waals surface area (Å²) in [6, 6.07) is 6.88. The molecule has 0 radical (unpaired) electrons. The Bertz CT molecular complexity index is 539. The maximum absolute atomic E-state index is 12.4. The van der Waals surface area contributed by atoms with E-state index in [0.717, 1.165) is 32.4 Å². The number of likely N-dealkylation sites (tertiary alicyclic amines) is 1. The normalized spacial score (nSPS) is 17.3. The van der Waals surface area contributed by atoms with Crippen LogP contribution < -0.4 is 5.32 Å². The number of aliphatic hydroxyl groups is 1. The third-order valence-corrected chi connectivity index (χ3v) is 3.93. The maximum atomic E-state index is 12.4. The number of carbonyl (C=O) groups is 2. The lowest BCUT2D eigenvalue weighted by atomic mass is 10.0. The fraction of sp³-hybridized carbons (Fsp3) is 0.412. The van der Waals surface area contributed by atoms with Crippen LogP contribution in [0.2, 0.25) is 0 Å². The van der Waals surface area contributed by atoms with E-state index in [9.17, 15) is 9.59 Å². The van der Waals surface area contributed by atoms with Gasteiger partial charge >= 0.3 is 0 Å². The molecule has 5 nitrogen and oxygen atoms in total. The van der Waals surface area contributed by atoms with Crippen molar-refractivity contribution in [3.63, 3.8) is 0 Å². The summed E-state index contributed by atoms with van der Waals surface area (Å²) in [6.07, 6.45) is 3.96. The van der Waals surface area contributed by atoms with Crippen LogP contribution in [0.25, 0.3) is 0 Å². The maximum Gasteiger partial charge on any atom is 0.253 e. The van der Waals surface area contributed by atoms with E-state index < -0.39 is 0 Å². The van der Waals surface area contributed by atoms with Crippen LogP contribution in [0.1, 0.15) is 29.6 Å². The number of rotatable bonds is 6. The van der Waals surface area contributed by atoms with Crippen molar-refractivity contribution in [3.8, 4) is 0 Å². The largest absolute Gasteiger partial charge is 0.396 e. The number of nitrogens with one attached hydrogen (secondary N) is 1. The van der Waals surface area contributed by atoms with Crippen LogP contribution in [0, 0.1) is 5.92 Å². The molecule has 0 spiro atoms. The topological polar surface area (TPSA) is 69.6 Å². The molecular formula is C17H22N2O3. The average molecular weight is 302 g/mol. The van der Waals surface area contributed by atoms with Crippen LogP contribution in [-0.4, -0.2) is 41.5 Å². The zero-order valence-electron chi connectivity index (χ0n) is 12.6. The van der Waals surface area contributed by atoms with Gasteiger partial charge in [-0.2, -0.15) is 0 Å². The molecular weight excluding hydrogens is 280 g/mol. The van der Waals surface area contributed by atoms with Crippen LogP contribution in [0.5, 0.6) is 0 Å². The number of nitrogens with zero attached hydrogens (tertiary/aromatic N) is 1. The molecule has 0 saturated carbocycles. The van der Waals surface area contributed by atoms with Crippen LogP contribution in [0.3, 0.4) is 0 Å². The summed E-state index contributed by atoms with van der Waals surface area (Å²) in [5.41, 5.74) is 1.27. The van der Waals surface area contributed by atoms with Crippen molar-refractivity contribution in [3.05, 3.63) is 42.5 Å². The van der Waals surface area contributed by atoms with E-state index in [1.54, 1.807) is 24.3 Å². The summed E-state index contributed by atoms with van der Waals surface area (Å²) in [4.78, 5) is 25.5. The molecule has 0 bridgehead atoms. The molecule has 1 heterocycles. The highest BCUT2D eigenvalue weighted by Crippen LogP contribution is 2.23. The van der Waals surface area contributed by atoms with Gasteiger partial charge in [0.2, 0.25) is 5.91 Å². The third kappa shape index (κ3) is 4.18. The second-order valence-electron chi connectivity index (χ2n) is 5.54. The zero-order valence-corrected chi connectivity index (χ0v) is 12.6. The van der Waals surface area contributed by atoms with Crippen molar-refractivity contribution in [2.24, 2.45) is 5.92 Å². The summed E-state index contributed by atoms with van der Waals surface area (Å²) in [6.45, 7) is 5.13. The fourth-order valence-electron chi connectivity index (χ4n) is 2.70. The smallest absolute Gasteiger partial charge is 0.253 e. The monoisotopic (exact) mass is 302 g/mol. The summed E-state index contributed by atoms with van der Waals surface area (Å²) < 4.78 is 0. The SMILES string of the molecule is C=CC(=O)Nc1ccc(C(=O)N2CCC(CCCO)C2)cc1. The Morgan fingerprint density at radius 2 is 2.09 bits per heavy atom. The molecule has 1 aliphatic rings. The van der Waals surface area contributed by atoms with Crippen LogP contribution >= 0.6 is 0 Å². The lowest BCUT2D eigenvalue weighted by Crippen LogP contribution is -2.28. The predicted molar refractivity (Wildman–Crippen MR) is 85.6 cm³/mol. The minimum Gasteiger partial charge on any atom is -0.396 e. The van der Waals surface area contributed by atoms with Crippen LogP contribution in [-0.2, 0) is 4.79 Å². The number of hydrogen-bond acceptors (Lipinski definition) is 3. The fourth-order valence-corrected chi connectivity index (χ4v) is 2.70. The van der Waals surface area contributed by atoms with E-state index in [-0.39, 0.29) is 18.4 Å². The number of amides is 2. The molecule has 5 heteroatoms. The van der Waals surface area contributed by atoms with Gasteiger partial charge in [-0.1, -0.05) is 6.58 Å². The predicted octanol–water partition coefficient (Wildman–Crippen LogP) is 2.05. The first-order chi connectivity index (χ1) is 10.6. The highest BCUT2D eigenvalue weighted by Gasteiger charge is 2.26. The summed E-state index contributed by atoms with van der Waals surface area (Å²) in [5, 5.41) is 11.5. The Labute approximate surface area is 130 Å².